The smallest absolute Gasteiger partial charge is 0.269 e. The zero-order chi connectivity index (χ0) is 18.8. The SMILES string of the molecule is CN(c1nc(-c2ccc([N+](=O)[O-])cc2)nc2ccccc12)C1CCCCC1. The summed E-state index contributed by atoms with van der Waals surface area (Å²) in [6.45, 7) is 0. The molecule has 1 fully saturated rings. The molecule has 0 amide bonds. The molecule has 0 aliphatic heterocycles. The van der Waals surface area contributed by atoms with Gasteiger partial charge in [0.1, 0.15) is 5.82 Å². The third-order valence-corrected chi connectivity index (χ3v) is 5.38. The van der Waals surface area contributed by atoms with Crippen LogP contribution in [0, 0.1) is 10.1 Å². The summed E-state index contributed by atoms with van der Waals surface area (Å²) in [5, 5.41) is 11.9. The fraction of sp³-hybridized carbons (Fsp3) is 0.333. The van der Waals surface area contributed by atoms with Crippen LogP contribution < -0.4 is 4.90 Å². The molecule has 1 heterocycles. The molecule has 0 spiro atoms. The Bertz CT molecular complexity index is 966. The molecule has 0 N–H and O–H groups in total. The van der Waals surface area contributed by atoms with E-state index in [0.717, 1.165) is 22.3 Å². The molecule has 1 aliphatic rings. The third kappa shape index (κ3) is 3.47. The first-order valence-corrected chi connectivity index (χ1v) is 9.38. The number of nitrogens with zero attached hydrogens (tertiary/aromatic N) is 4. The summed E-state index contributed by atoms with van der Waals surface area (Å²) < 4.78 is 0. The minimum Gasteiger partial charge on any atom is -0.356 e. The lowest BCUT2D eigenvalue weighted by Gasteiger charge is -2.32. The van der Waals surface area contributed by atoms with Gasteiger partial charge in [-0.05, 0) is 37.1 Å². The number of nitro benzene ring substituents is 1. The van der Waals surface area contributed by atoms with Crippen molar-refractivity contribution in [3.05, 3.63) is 58.6 Å². The number of rotatable bonds is 4. The van der Waals surface area contributed by atoms with Crippen molar-refractivity contribution in [2.75, 3.05) is 11.9 Å². The Morgan fingerprint density at radius 1 is 1.00 bits per heavy atom. The predicted molar refractivity (Wildman–Crippen MR) is 107 cm³/mol. The summed E-state index contributed by atoms with van der Waals surface area (Å²) >= 11 is 0. The lowest BCUT2D eigenvalue weighted by Crippen LogP contribution is -2.34. The van der Waals surface area contributed by atoms with Crippen LogP contribution in [0.5, 0.6) is 0 Å². The first-order valence-electron chi connectivity index (χ1n) is 9.38. The van der Waals surface area contributed by atoms with Crippen LogP contribution in [0.2, 0.25) is 0 Å². The highest BCUT2D eigenvalue weighted by Gasteiger charge is 2.22. The molecule has 6 nitrogen and oxygen atoms in total. The van der Waals surface area contributed by atoms with E-state index in [2.05, 4.69) is 18.0 Å². The Labute approximate surface area is 158 Å². The van der Waals surface area contributed by atoms with E-state index in [1.165, 1.54) is 44.2 Å². The minimum absolute atomic E-state index is 0.0686. The van der Waals surface area contributed by atoms with E-state index in [0.29, 0.717) is 11.9 Å². The van der Waals surface area contributed by atoms with Crippen molar-refractivity contribution in [3.8, 4) is 11.4 Å². The largest absolute Gasteiger partial charge is 0.356 e. The highest BCUT2D eigenvalue weighted by Crippen LogP contribution is 2.31. The summed E-state index contributed by atoms with van der Waals surface area (Å²) in [7, 11) is 2.12. The maximum Gasteiger partial charge on any atom is 0.269 e. The number of hydrogen-bond donors (Lipinski definition) is 0. The molecule has 0 saturated heterocycles. The topological polar surface area (TPSA) is 72.2 Å². The summed E-state index contributed by atoms with van der Waals surface area (Å²) in [4.78, 5) is 22.4. The van der Waals surface area contributed by atoms with Gasteiger partial charge in [-0.15, -0.1) is 0 Å². The number of non-ortho nitro benzene ring substituents is 1. The molecule has 6 heteroatoms. The van der Waals surface area contributed by atoms with Crippen molar-refractivity contribution in [2.24, 2.45) is 0 Å². The fourth-order valence-electron chi connectivity index (χ4n) is 3.83. The quantitative estimate of drug-likeness (QED) is 0.484. The van der Waals surface area contributed by atoms with Gasteiger partial charge in [0.2, 0.25) is 0 Å². The molecule has 2 aromatic carbocycles. The van der Waals surface area contributed by atoms with E-state index < -0.39 is 4.92 Å². The second-order valence-corrected chi connectivity index (χ2v) is 7.09. The van der Waals surface area contributed by atoms with Crippen LogP contribution >= 0.6 is 0 Å². The molecule has 3 aromatic rings. The number of para-hydroxylation sites is 1. The molecule has 4 rings (SSSR count). The zero-order valence-electron chi connectivity index (χ0n) is 15.3. The molecule has 1 saturated carbocycles. The Morgan fingerprint density at radius 3 is 2.41 bits per heavy atom. The van der Waals surface area contributed by atoms with Crippen molar-refractivity contribution < 1.29 is 4.92 Å². The van der Waals surface area contributed by atoms with Gasteiger partial charge < -0.3 is 4.90 Å². The first-order chi connectivity index (χ1) is 13.1. The molecular formula is C21H22N4O2. The summed E-state index contributed by atoms with van der Waals surface area (Å²) in [5.74, 6) is 1.53. The summed E-state index contributed by atoms with van der Waals surface area (Å²) in [6.07, 6.45) is 6.19. The van der Waals surface area contributed by atoms with E-state index >= 15 is 0 Å². The average Bonchev–Trinajstić information content (AvgIpc) is 2.73. The monoisotopic (exact) mass is 362 g/mol. The molecular weight excluding hydrogens is 340 g/mol. The number of fused-ring (bicyclic) bond motifs is 1. The second-order valence-electron chi connectivity index (χ2n) is 7.09. The van der Waals surface area contributed by atoms with Gasteiger partial charge >= 0.3 is 0 Å². The van der Waals surface area contributed by atoms with Crippen molar-refractivity contribution in [1.29, 1.82) is 0 Å². The number of aromatic nitrogens is 2. The van der Waals surface area contributed by atoms with Crippen LogP contribution in [0.15, 0.2) is 48.5 Å². The van der Waals surface area contributed by atoms with Crippen LogP contribution in [0.1, 0.15) is 32.1 Å². The van der Waals surface area contributed by atoms with Gasteiger partial charge in [0.15, 0.2) is 5.82 Å². The standard InChI is InChI=1S/C21H22N4O2/c1-24(16-7-3-2-4-8-16)21-18-9-5-6-10-19(18)22-20(23-21)15-11-13-17(14-12-15)25(26)27/h5-6,9-14,16H,2-4,7-8H2,1H3. The molecule has 0 radical (unpaired) electrons. The summed E-state index contributed by atoms with van der Waals surface area (Å²) in [5.41, 5.74) is 1.74. The Morgan fingerprint density at radius 2 is 1.70 bits per heavy atom. The number of hydrogen-bond acceptors (Lipinski definition) is 5. The van der Waals surface area contributed by atoms with Gasteiger partial charge in [-0.25, -0.2) is 9.97 Å². The highest BCUT2D eigenvalue weighted by molar-refractivity contribution is 5.91. The van der Waals surface area contributed by atoms with E-state index in [1.54, 1.807) is 12.1 Å². The Kier molecular flexibility index (Phi) is 4.71. The van der Waals surface area contributed by atoms with Gasteiger partial charge in [-0.3, -0.25) is 10.1 Å². The number of anilines is 1. The fourth-order valence-corrected chi connectivity index (χ4v) is 3.83. The maximum absolute atomic E-state index is 10.9. The van der Waals surface area contributed by atoms with Crippen molar-refractivity contribution in [1.82, 2.24) is 9.97 Å². The van der Waals surface area contributed by atoms with Gasteiger partial charge in [-0.2, -0.15) is 0 Å². The molecule has 1 aliphatic carbocycles. The Balaban J connectivity index is 1.79. The molecule has 0 unspecified atom stereocenters. The molecule has 0 bridgehead atoms. The predicted octanol–water partition coefficient (Wildman–Crippen LogP) is 4.97. The van der Waals surface area contributed by atoms with Gasteiger partial charge in [-0.1, -0.05) is 31.4 Å². The van der Waals surface area contributed by atoms with E-state index in [9.17, 15) is 10.1 Å². The van der Waals surface area contributed by atoms with Gasteiger partial charge in [0, 0.05) is 36.2 Å². The van der Waals surface area contributed by atoms with Crippen LogP contribution in [-0.4, -0.2) is 28.0 Å². The second kappa shape index (κ2) is 7.31. The number of benzene rings is 2. The lowest BCUT2D eigenvalue weighted by atomic mass is 9.94. The molecule has 27 heavy (non-hydrogen) atoms. The minimum atomic E-state index is -0.396. The molecule has 138 valence electrons. The van der Waals surface area contributed by atoms with Gasteiger partial charge in [0.05, 0.1) is 10.4 Å². The van der Waals surface area contributed by atoms with E-state index in [4.69, 9.17) is 9.97 Å². The maximum atomic E-state index is 10.9. The molecule has 1 aromatic heterocycles. The van der Waals surface area contributed by atoms with Crippen LogP contribution in [0.3, 0.4) is 0 Å². The van der Waals surface area contributed by atoms with Crippen LogP contribution in [-0.2, 0) is 0 Å². The third-order valence-electron chi connectivity index (χ3n) is 5.38. The van der Waals surface area contributed by atoms with Crippen molar-refractivity contribution in [3.63, 3.8) is 0 Å². The van der Waals surface area contributed by atoms with E-state index in [-0.39, 0.29) is 5.69 Å². The van der Waals surface area contributed by atoms with Crippen LogP contribution in [0.4, 0.5) is 11.5 Å². The first kappa shape index (κ1) is 17.4. The normalized spacial score (nSPS) is 15.0. The van der Waals surface area contributed by atoms with Crippen molar-refractivity contribution >= 4 is 22.4 Å². The Hall–Kier alpha value is -3.02. The zero-order valence-corrected chi connectivity index (χ0v) is 15.3. The number of nitro groups is 1. The average molecular weight is 362 g/mol. The summed E-state index contributed by atoms with van der Waals surface area (Å²) in [6, 6.07) is 14.9. The van der Waals surface area contributed by atoms with Crippen LogP contribution in [0.25, 0.3) is 22.3 Å². The van der Waals surface area contributed by atoms with Gasteiger partial charge in [0.25, 0.3) is 5.69 Å². The van der Waals surface area contributed by atoms with Crippen molar-refractivity contribution in [2.45, 2.75) is 38.1 Å². The van der Waals surface area contributed by atoms with E-state index in [1.807, 2.05) is 18.2 Å². The highest BCUT2D eigenvalue weighted by atomic mass is 16.6. The lowest BCUT2D eigenvalue weighted by molar-refractivity contribution is -0.384. The molecule has 0 atom stereocenters.